The third kappa shape index (κ3) is 4.36. The van der Waals surface area contributed by atoms with E-state index in [1.807, 2.05) is 68.6 Å². The lowest BCUT2D eigenvalue weighted by molar-refractivity contribution is -0.115. The van der Waals surface area contributed by atoms with Crippen molar-refractivity contribution in [3.63, 3.8) is 0 Å². The molecule has 6 nitrogen and oxygen atoms in total. The van der Waals surface area contributed by atoms with Gasteiger partial charge in [-0.15, -0.1) is 11.3 Å². The summed E-state index contributed by atoms with van der Waals surface area (Å²) in [7, 11) is 0. The molecule has 0 saturated heterocycles. The summed E-state index contributed by atoms with van der Waals surface area (Å²) in [6.07, 6.45) is -0.00230. The number of H-pyrrole nitrogens is 1. The maximum Gasteiger partial charge on any atom is 0.277 e. The molecule has 0 radical (unpaired) electrons. The Balaban J connectivity index is 1.56. The van der Waals surface area contributed by atoms with Crippen LogP contribution in [0.5, 0.6) is 0 Å². The fourth-order valence-electron chi connectivity index (χ4n) is 3.46. The fourth-order valence-corrected chi connectivity index (χ4v) is 4.25. The van der Waals surface area contributed by atoms with Crippen molar-refractivity contribution in [1.82, 2.24) is 14.8 Å². The van der Waals surface area contributed by atoms with Crippen LogP contribution in [0.25, 0.3) is 16.4 Å². The van der Waals surface area contributed by atoms with Crippen molar-refractivity contribution in [2.75, 3.05) is 5.32 Å². The number of aromatic amines is 1. The van der Waals surface area contributed by atoms with Gasteiger partial charge in [-0.25, -0.2) is 4.98 Å². The summed E-state index contributed by atoms with van der Waals surface area (Å²) in [5.41, 5.74) is 6.72. The first-order chi connectivity index (χ1) is 14.8. The average Bonchev–Trinajstić information content (AvgIpc) is 3.31. The van der Waals surface area contributed by atoms with Gasteiger partial charge in [-0.1, -0.05) is 47.5 Å². The first-order valence-electron chi connectivity index (χ1n) is 10.0. The van der Waals surface area contributed by atoms with Crippen molar-refractivity contribution in [1.29, 1.82) is 0 Å². The number of aryl methyl sites for hydroxylation is 4. The second-order valence-electron chi connectivity index (χ2n) is 7.78. The van der Waals surface area contributed by atoms with Gasteiger partial charge < -0.3 is 5.32 Å². The van der Waals surface area contributed by atoms with E-state index in [4.69, 9.17) is 0 Å². The maximum absolute atomic E-state index is 13.0. The van der Waals surface area contributed by atoms with Crippen LogP contribution in [0.2, 0.25) is 0 Å². The molecule has 0 fully saturated rings. The number of carbonyl (C=O) groups is 1. The molecule has 4 rings (SSSR count). The highest BCUT2D eigenvalue weighted by Crippen LogP contribution is 2.24. The maximum atomic E-state index is 13.0. The summed E-state index contributed by atoms with van der Waals surface area (Å²) in [6.45, 7) is 7.79. The average molecular weight is 433 g/mol. The normalized spacial score (nSPS) is 11.0. The predicted molar refractivity (Wildman–Crippen MR) is 125 cm³/mol. The third-order valence-corrected chi connectivity index (χ3v) is 6.04. The van der Waals surface area contributed by atoms with E-state index in [1.54, 1.807) is 6.92 Å². The molecule has 0 aliphatic rings. The standard InChI is InChI=1S/C24H24N4O2S/c1-14-5-8-18(9-6-14)21-13-31-24(26-21)28-23(30)19(17(4)27-28)12-22(29)25-20-10-7-15(2)11-16(20)3/h5-11,13,27H,12H2,1-4H3,(H,25,29). The van der Waals surface area contributed by atoms with Crippen molar-refractivity contribution >= 4 is 22.9 Å². The van der Waals surface area contributed by atoms with Gasteiger partial charge in [-0.3, -0.25) is 14.7 Å². The van der Waals surface area contributed by atoms with Gasteiger partial charge in [0, 0.05) is 27.9 Å². The summed E-state index contributed by atoms with van der Waals surface area (Å²) in [5, 5.41) is 8.44. The minimum Gasteiger partial charge on any atom is -0.326 e. The SMILES string of the molecule is Cc1ccc(-c2csc(-n3[nH]c(C)c(CC(=O)Nc4ccc(C)cc4C)c3=O)n2)cc1. The number of nitrogens with zero attached hydrogens (tertiary/aromatic N) is 2. The van der Waals surface area contributed by atoms with E-state index in [-0.39, 0.29) is 17.9 Å². The molecule has 4 aromatic rings. The summed E-state index contributed by atoms with van der Waals surface area (Å²) in [4.78, 5) is 30.2. The van der Waals surface area contributed by atoms with Crippen LogP contribution in [0.3, 0.4) is 0 Å². The molecule has 158 valence electrons. The molecule has 1 amide bonds. The van der Waals surface area contributed by atoms with Crippen LogP contribution in [-0.4, -0.2) is 20.7 Å². The lowest BCUT2D eigenvalue weighted by Crippen LogP contribution is -2.22. The minimum atomic E-state index is -0.252. The minimum absolute atomic E-state index is 0.00230. The monoisotopic (exact) mass is 432 g/mol. The van der Waals surface area contributed by atoms with Crippen molar-refractivity contribution in [3.05, 3.63) is 86.1 Å². The topological polar surface area (TPSA) is 79.8 Å². The third-order valence-electron chi connectivity index (χ3n) is 5.22. The van der Waals surface area contributed by atoms with Crippen LogP contribution >= 0.6 is 11.3 Å². The zero-order valence-electron chi connectivity index (χ0n) is 17.9. The first kappa shape index (κ1) is 20.8. The highest BCUT2D eigenvalue weighted by molar-refractivity contribution is 7.12. The number of thiazole rings is 1. The van der Waals surface area contributed by atoms with Gasteiger partial charge in [0.1, 0.15) is 0 Å². The molecular formula is C24H24N4O2S. The molecule has 0 unspecified atom stereocenters. The van der Waals surface area contributed by atoms with E-state index >= 15 is 0 Å². The summed E-state index contributed by atoms with van der Waals surface area (Å²) < 4.78 is 1.41. The number of nitrogens with one attached hydrogen (secondary N) is 2. The Labute approximate surface area is 184 Å². The number of amides is 1. The quantitative estimate of drug-likeness (QED) is 0.480. The van der Waals surface area contributed by atoms with Crippen molar-refractivity contribution in [3.8, 4) is 16.4 Å². The molecule has 0 aliphatic heterocycles. The van der Waals surface area contributed by atoms with Gasteiger partial charge in [-0.2, -0.15) is 4.68 Å². The number of aromatic nitrogens is 3. The van der Waals surface area contributed by atoms with Crippen molar-refractivity contribution in [2.24, 2.45) is 0 Å². The van der Waals surface area contributed by atoms with E-state index in [0.717, 1.165) is 28.1 Å². The molecule has 0 atom stereocenters. The Morgan fingerprint density at radius 3 is 2.48 bits per heavy atom. The number of carbonyl (C=O) groups excluding carboxylic acids is 1. The van der Waals surface area contributed by atoms with E-state index in [1.165, 1.54) is 21.6 Å². The molecule has 2 aromatic heterocycles. The zero-order chi connectivity index (χ0) is 22.1. The molecule has 0 spiro atoms. The van der Waals surface area contributed by atoms with Gasteiger partial charge in [0.05, 0.1) is 12.1 Å². The molecular weight excluding hydrogens is 408 g/mol. The molecule has 0 bridgehead atoms. The Morgan fingerprint density at radius 1 is 1.06 bits per heavy atom. The van der Waals surface area contributed by atoms with Gasteiger partial charge in [0.2, 0.25) is 11.0 Å². The Bertz CT molecular complexity index is 1310. The van der Waals surface area contributed by atoms with Gasteiger partial charge in [-0.05, 0) is 39.3 Å². The van der Waals surface area contributed by atoms with E-state index in [2.05, 4.69) is 15.4 Å². The van der Waals surface area contributed by atoms with Crippen LogP contribution in [0, 0.1) is 27.7 Å². The van der Waals surface area contributed by atoms with Crippen LogP contribution in [-0.2, 0) is 11.2 Å². The van der Waals surface area contributed by atoms with Crippen LogP contribution in [0.15, 0.2) is 52.6 Å². The van der Waals surface area contributed by atoms with Gasteiger partial charge in [0.15, 0.2) is 0 Å². The molecule has 2 heterocycles. The second-order valence-corrected chi connectivity index (χ2v) is 8.62. The Kier molecular flexibility index (Phi) is 5.61. The fraction of sp³-hybridized carbons (Fsp3) is 0.208. The largest absolute Gasteiger partial charge is 0.326 e. The van der Waals surface area contributed by atoms with E-state index in [0.29, 0.717) is 16.4 Å². The lowest BCUT2D eigenvalue weighted by atomic mass is 10.1. The molecule has 2 N–H and O–H groups in total. The highest BCUT2D eigenvalue weighted by Gasteiger charge is 2.18. The van der Waals surface area contributed by atoms with Crippen LogP contribution in [0.1, 0.15) is 27.9 Å². The number of benzene rings is 2. The first-order valence-corrected chi connectivity index (χ1v) is 10.9. The van der Waals surface area contributed by atoms with Gasteiger partial charge >= 0.3 is 0 Å². The lowest BCUT2D eigenvalue weighted by Gasteiger charge is -2.08. The molecule has 2 aromatic carbocycles. The summed E-state index contributed by atoms with van der Waals surface area (Å²) in [6, 6.07) is 13.9. The Morgan fingerprint density at radius 2 is 1.77 bits per heavy atom. The second kappa shape index (κ2) is 8.35. The number of rotatable bonds is 5. The summed E-state index contributed by atoms with van der Waals surface area (Å²) in [5.74, 6) is -0.224. The van der Waals surface area contributed by atoms with Crippen LogP contribution in [0.4, 0.5) is 5.69 Å². The van der Waals surface area contributed by atoms with Crippen molar-refractivity contribution in [2.45, 2.75) is 34.1 Å². The zero-order valence-corrected chi connectivity index (χ0v) is 18.8. The van der Waals surface area contributed by atoms with Crippen LogP contribution < -0.4 is 10.9 Å². The smallest absolute Gasteiger partial charge is 0.277 e. The number of anilines is 1. The number of hydrogen-bond acceptors (Lipinski definition) is 4. The molecule has 31 heavy (non-hydrogen) atoms. The summed E-state index contributed by atoms with van der Waals surface area (Å²) >= 11 is 1.38. The van der Waals surface area contributed by atoms with E-state index in [9.17, 15) is 9.59 Å². The van der Waals surface area contributed by atoms with Crippen molar-refractivity contribution < 1.29 is 4.79 Å². The molecule has 7 heteroatoms. The van der Waals surface area contributed by atoms with Gasteiger partial charge in [0.25, 0.3) is 5.56 Å². The predicted octanol–water partition coefficient (Wildman–Crippen LogP) is 4.70. The Hall–Kier alpha value is -3.45. The number of hydrogen-bond donors (Lipinski definition) is 2. The van der Waals surface area contributed by atoms with E-state index < -0.39 is 0 Å². The highest BCUT2D eigenvalue weighted by atomic mass is 32.1. The molecule has 0 saturated carbocycles. The molecule has 0 aliphatic carbocycles.